The average molecular weight is 276 g/mol. The molecule has 2 aromatic rings. The normalized spacial score (nSPS) is 11.4. The van der Waals surface area contributed by atoms with Gasteiger partial charge in [-0.25, -0.2) is 0 Å². The number of oxime groups is 1. The van der Waals surface area contributed by atoms with Gasteiger partial charge in [-0.2, -0.15) is 0 Å². The molecule has 2 nitrogen and oxygen atoms in total. The monoisotopic (exact) mass is 275 g/mol. The summed E-state index contributed by atoms with van der Waals surface area (Å²) < 4.78 is 1.00. The number of halogens is 1. The maximum Gasteiger partial charge on any atom is 0.117 e. The summed E-state index contributed by atoms with van der Waals surface area (Å²) in [5, 5.41) is 12.4. The van der Waals surface area contributed by atoms with Crippen molar-refractivity contribution in [3.63, 3.8) is 0 Å². The second kappa shape index (κ2) is 4.94. The molecular formula is C13H10BrNO. The van der Waals surface area contributed by atoms with E-state index in [1.165, 1.54) is 0 Å². The first-order valence-electron chi connectivity index (χ1n) is 4.84. The molecule has 0 radical (unpaired) electrons. The summed E-state index contributed by atoms with van der Waals surface area (Å²) in [7, 11) is 0. The van der Waals surface area contributed by atoms with Crippen molar-refractivity contribution in [1.82, 2.24) is 0 Å². The molecule has 0 amide bonds. The maximum atomic E-state index is 9.08. The molecule has 0 fully saturated rings. The molecule has 0 atom stereocenters. The van der Waals surface area contributed by atoms with Gasteiger partial charge in [0.25, 0.3) is 0 Å². The van der Waals surface area contributed by atoms with Crippen molar-refractivity contribution in [2.45, 2.75) is 0 Å². The van der Waals surface area contributed by atoms with Gasteiger partial charge >= 0.3 is 0 Å². The van der Waals surface area contributed by atoms with Gasteiger partial charge in [0.2, 0.25) is 0 Å². The van der Waals surface area contributed by atoms with E-state index < -0.39 is 0 Å². The van der Waals surface area contributed by atoms with Crippen molar-refractivity contribution in [3.8, 4) is 0 Å². The number of benzene rings is 2. The second-order valence-corrected chi connectivity index (χ2v) is 4.24. The molecule has 0 aliphatic heterocycles. The van der Waals surface area contributed by atoms with Gasteiger partial charge in [0.05, 0.1) is 0 Å². The molecule has 80 valence electrons. The fraction of sp³-hybridized carbons (Fsp3) is 0. The molecule has 0 aliphatic rings. The van der Waals surface area contributed by atoms with Crippen LogP contribution in [0.25, 0.3) is 0 Å². The van der Waals surface area contributed by atoms with E-state index in [0.717, 1.165) is 15.6 Å². The van der Waals surface area contributed by atoms with Gasteiger partial charge < -0.3 is 5.21 Å². The van der Waals surface area contributed by atoms with E-state index >= 15 is 0 Å². The van der Waals surface area contributed by atoms with E-state index in [-0.39, 0.29) is 0 Å². The zero-order chi connectivity index (χ0) is 11.4. The zero-order valence-electron chi connectivity index (χ0n) is 8.47. The second-order valence-electron chi connectivity index (χ2n) is 3.32. The molecule has 0 aromatic heterocycles. The molecule has 3 heteroatoms. The quantitative estimate of drug-likeness (QED) is 0.506. The van der Waals surface area contributed by atoms with Crippen LogP contribution in [0.2, 0.25) is 0 Å². The molecule has 0 saturated heterocycles. The summed E-state index contributed by atoms with van der Waals surface area (Å²) in [6.45, 7) is 0. The van der Waals surface area contributed by atoms with Crippen molar-refractivity contribution in [1.29, 1.82) is 0 Å². The van der Waals surface area contributed by atoms with E-state index in [1.54, 1.807) is 0 Å². The number of rotatable bonds is 2. The first kappa shape index (κ1) is 10.9. The summed E-state index contributed by atoms with van der Waals surface area (Å²) in [5.74, 6) is 0. The van der Waals surface area contributed by atoms with E-state index in [1.807, 2.05) is 54.6 Å². The van der Waals surface area contributed by atoms with E-state index in [4.69, 9.17) is 5.21 Å². The zero-order valence-corrected chi connectivity index (χ0v) is 10.1. The number of nitrogens with zero attached hydrogens (tertiary/aromatic N) is 1. The lowest BCUT2D eigenvalue weighted by Crippen LogP contribution is -2.02. The molecule has 16 heavy (non-hydrogen) atoms. The van der Waals surface area contributed by atoms with Crippen molar-refractivity contribution in [2.24, 2.45) is 5.16 Å². The van der Waals surface area contributed by atoms with Crippen LogP contribution in [-0.4, -0.2) is 10.9 Å². The van der Waals surface area contributed by atoms with Crippen LogP contribution in [0.3, 0.4) is 0 Å². The van der Waals surface area contributed by atoms with Crippen LogP contribution in [0.5, 0.6) is 0 Å². The highest BCUT2D eigenvalue weighted by atomic mass is 79.9. The Kier molecular flexibility index (Phi) is 3.37. The summed E-state index contributed by atoms with van der Waals surface area (Å²) in [5.41, 5.74) is 2.36. The van der Waals surface area contributed by atoms with Crippen molar-refractivity contribution >= 4 is 21.6 Å². The fourth-order valence-electron chi connectivity index (χ4n) is 1.49. The lowest BCUT2D eigenvalue weighted by atomic mass is 10.0. The maximum absolute atomic E-state index is 9.08. The number of hydrogen-bond acceptors (Lipinski definition) is 2. The Hall–Kier alpha value is -1.61. The minimum absolute atomic E-state index is 0.577. The van der Waals surface area contributed by atoms with Gasteiger partial charge in [-0.05, 0) is 12.1 Å². The lowest BCUT2D eigenvalue weighted by Gasteiger charge is -2.04. The molecule has 2 aromatic carbocycles. The first-order valence-corrected chi connectivity index (χ1v) is 5.64. The summed E-state index contributed by atoms with van der Waals surface area (Å²) in [6, 6.07) is 17.2. The summed E-state index contributed by atoms with van der Waals surface area (Å²) >= 11 is 3.37. The standard InChI is InChI=1S/C13H10BrNO/c14-12-8-6-11(7-9-12)13(15-16)10-4-2-1-3-5-10/h1-9,16H/b15-13+. The lowest BCUT2D eigenvalue weighted by molar-refractivity contribution is 0.319. The highest BCUT2D eigenvalue weighted by molar-refractivity contribution is 9.10. The van der Waals surface area contributed by atoms with Crippen molar-refractivity contribution in [3.05, 3.63) is 70.2 Å². The first-order chi connectivity index (χ1) is 7.81. The van der Waals surface area contributed by atoms with Crippen LogP contribution >= 0.6 is 15.9 Å². The van der Waals surface area contributed by atoms with Crippen LogP contribution < -0.4 is 0 Å². The van der Waals surface area contributed by atoms with Crippen LogP contribution in [-0.2, 0) is 0 Å². The van der Waals surface area contributed by atoms with E-state index in [2.05, 4.69) is 21.1 Å². The summed E-state index contributed by atoms with van der Waals surface area (Å²) in [6.07, 6.45) is 0. The Labute approximate surface area is 102 Å². The van der Waals surface area contributed by atoms with Gasteiger partial charge in [-0.1, -0.05) is 63.6 Å². The Morgan fingerprint density at radius 2 is 1.44 bits per heavy atom. The predicted octanol–water partition coefficient (Wildman–Crippen LogP) is 3.68. The molecule has 0 saturated carbocycles. The molecule has 0 spiro atoms. The minimum Gasteiger partial charge on any atom is -0.410 e. The van der Waals surface area contributed by atoms with Crippen LogP contribution in [0, 0.1) is 0 Å². The van der Waals surface area contributed by atoms with Gasteiger partial charge in [0, 0.05) is 15.6 Å². The Morgan fingerprint density at radius 1 is 0.875 bits per heavy atom. The van der Waals surface area contributed by atoms with Crippen molar-refractivity contribution < 1.29 is 5.21 Å². The Morgan fingerprint density at radius 3 is 2.00 bits per heavy atom. The third-order valence-electron chi connectivity index (χ3n) is 2.26. The van der Waals surface area contributed by atoms with Gasteiger partial charge in [-0.3, -0.25) is 0 Å². The minimum atomic E-state index is 0.577. The van der Waals surface area contributed by atoms with Gasteiger partial charge in [0.1, 0.15) is 5.71 Å². The molecule has 1 N–H and O–H groups in total. The SMILES string of the molecule is O/N=C(\c1ccccc1)c1ccc(Br)cc1. The van der Waals surface area contributed by atoms with Crippen LogP contribution in [0.15, 0.2) is 64.2 Å². The largest absolute Gasteiger partial charge is 0.410 e. The molecule has 2 rings (SSSR count). The smallest absolute Gasteiger partial charge is 0.117 e. The van der Waals surface area contributed by atoms with Crippen LogP contribution in [0.4, 0.5) is 0 Å². The third-order valence-corrected chi connectivity index (χ3v) is 2.79. The third kappa shape index (κ3) is 2.31. The van der Waals surface area contributed by atoms with E-state index in [9.17, 15) is 0 Å². The summed E-state index contributed by atoms with van der Waals surface area (Å²) in [4.78, 5) is 0. The highest BCUT2D eigenvalue weighted by Gasteiger charge is 2.06. The molecule has 0 aliphatic carbocycles. The molecular weight excluding hydrogens is 266 g/mol. The fourth-order valence-corrected chi connectivity index (χ4v) is 1.75. The topological polar surface area (TPSA) is 32.6 Å². The number of hydrogen-bond donors (Lipinski definition) is 1. The van der Waals surface area contributed by atoms with Gasteiger partial charge in [0.15, 0.2) is 0 Å². The predicted molar refractivity (Wildman–Crippen MR) is 68.0 cm³/mol. The Balaban J connectivity index is 2.42. The molecule has 0 bridgehead atoms. The Bertz CT molecular complexity index is 491. The van der Waals surface area contributed by atoms with Crippen LogP contribution in [0.1, 0.15) is 11.1 Å². The molecule has 0 unspecified atom stereocenters. The average Bonchev–Trinajstić information content (AvgIpc) is 2.34. The van der Waals surface area contributed by atoms with Gasteiger partial charge in [-0.15, -0.1) is 0 Å². The van der Waals surface area contributed by atoms with Crippen molar-refractivity contribution in [2.75, 3.05) is 0 Å². The van der Waals surface area contributed by atoms with E-state index in [0.29, 0.717) is 5.71 Å². The molecule has 0 heterocycles. The highest BCUT2D eigenvalue weighted by Crippen LogP contribution is 2.14.